The van der Waals surface area contributed by atoms with Crippen LogP contribution in [0.5, 0.6) is 0 Å². The lowest BCUT2D eigenvalue weighted by atomic mass is 10.2. The molecule has 48 valence electrons. The molecule has 0 spiro atoms. The van der Waals surface area contributed by atoms with Crippen molar-refractivity contribution in [1.82, 2.24) is 4.90 Å². The van der Waals surface area contributed by atoms with E-state index in [0.717, 1.165) is 0 Å². The Hall–Kier alpha value is -0.0800. The predicted molar refractivity (Wildman–Crippen MR) is 32.7 cm³/mol. The van der Waals surface area contributed by atoms with Crippen molar-refractivity contribution in [1.29, 1.82) is 0 Å². The summed E-state index contributed by atoms with van der Waals surface area (Å²) in [6.07, 6.45) is -2.07. The van der Waals surface area contributed by atoms with Gasteiger partial charge in [-0.05, 0) is 26.4 Å². The van der Waals surface area contributed by atoms with Crippen LogP contribution >= 0.6 is 0 Å². The summed E-state index contributed by atoms with van der Waals surface area (Å²) in [6, 6.07) is -1.09. The molecule has 1 fully saturated rings. The third-order valence-electron chi connectivity index (χ3n) is 1.19. The van der Waals surface area contributed by atoms with E-state index in [-0.39, 0.29) is 0 Å². The molecule has 2 heteroatoms. The Morgan fingerprint density at radius 3 is 3.12 bits per heavy atom. The van der Waals surface area contributed by atoms with Crippen LogP contribution in [0.2, 0.25) is 0 Å². The molecule has 1 aliphatic heterocycles. The van der Waals surface area contributed by atoms with Crippen LogP contribution < -0.4 is 0 Å². The molecule has 0 aliphatic carbocycles. The highest BCUT2D eigenvalue weighted by atomic mass is 16.3. The molecule has 3 unspecified atom stereocenters. The summed E-state index contributed by atoms with van der Waals surface area (Å²) in [7, 11) is 1.45. The maximum atomic E-state index is 9.10. The second-order valence-corrected chi connectivity index (χ2v) is 1.77. The number of rotatable bonds is 1. The standard InChI is InChI=1S/C6H13NO/c1-7-4-2-3-6(7)5-8/h6,8H,2-5H2,1H3/t6-/m0/s1/i2D,3D,4D,5D2/t2?,3?,4?,6-. The highest BCUT2D eigenvalue weighted by Gasteiger charge is 2.18. The van der Waals surface area contributed by atoms with Crippen LogP contribution in [0.3, 0.4) is 0 Å². The quantitative estimate of drug-likeness (QED) is 0.529. The summed E-state index contributed by atoms with van der Waals surface area (Å²) in [5.41, 5.74) is 0. The average Bonchev–Trinajstić information content (AvgIpc) is 2.14. The molecule has 0 bridgehead atoms. The maximum absolute atomic E-state index is 9.10. The van der Waals surface area contributed by atoms with Crippen molar-refractivity contribution in [2.75, 3.05) is 20.1 Å². The molecule has 0 aromatic rings. The molecule has 1 rings (SSSR count). The molecular weight excluding hydrogens is 102 g/mol. The van der Waals surface area contributed by atoms with Gasteiger partial charge in [-0.25, -0.2) is 0 Å². The zero-order chi connectivity index (χ0) is 10.4. The van der Waals surface area contributed by atoms with Crippen molar-refractivity contribution in [2.24, 2.45) is 0 Å². The van der Waals surface area contributed by atoms with Crippen LogP contribution in [0.15, 0.2) is 0 Å². The Bertz CT molecular complexity index is 182. The van der Waals surface area contributed by atoms with E-state index >= 15 is 0 Å². The van der Waals surface area contributed by atoms with Crippen molar-refractivity contribution < 1.29 is 12.0 Å². The number of likely N-dealkylation sites (tertiary alicyclic amines) is 1. The van der Waals surface area contributed by atoms with Crippen molar-refractivity contribution >= 4 is 0 Å². The normalized spacial score (nSPS) is 70.0. The molecule has 0 aromatic heterocycles. The van der Waals surface area contributed by atoms with Gasteiger partial charge in [0.1, 0.15) is 0 Å². The van der Waals surface area contributed by atoms with Crippen molar-refractivity contribution in [3.8, 4) is 0 Å². The van der Waals surface area contributed by atoms with Gasteiger partial charge in [0.05, 0.1) is 9.30 Å². The Kier molecular flexibility index (Phi) is 0.700. The van der Waals surface area contributed by atoms with E-state index in [1.54, 1.807) is 0 Å². The van der Waals surface area contributed by atoms with E-state index in [1.165, 1.54) is 11.9 Å². The number of hydrogen-bond donors (Lipinski definition) is 1. The van der Waals surface area contributed by atoms with Crippen molar-refractivity contribution in [3.05, 3.63) is 0 Å². The molecule has 1 aliphatic rings. The molecule has 4 atom stereocenters. The van der Waals surface area contributed by atoms with E-state index in [1.807, 2.05) is 0 Å². The van der Waals surface area contributed by atoms with Crippen LogP contribution in [-0.2, 0) is 0 Å². The van der Waals surface area contributed by atoms with Gasteiger partial charge >= 0.3 is 0 Å². The van der Waals surface area contributed by atoms with Gasteiger partial charge in [0.2, 0.25) is 0 Å². The average molecular weight is 120 g/mol. The summed E-state index contributed by atoms with van der Waals surface area (Å²) < 4.78 is 36.4. The van der Waals surface area contributed by atoms with Crippen LogP contribution in [0.25, 0.3) is 0 Å². The van der Waals surface area contributed by atoms with E-state index in [4.69, 9.17) is 12.0 Å². The second-order valence-electron chi connectivity index (χ2n) is 1.77. The number of nitrogens with zero attached hydrogens (tertiary/aromatic N) is 1. The predicted octanol–water partition coefficient (Wildman–Crippen LogP) is 0.0729. The summed E-state index contributed by atoms with van der Waals surface area (Å²) in [5, 5.41) is 9.10. The van der Waals surface area contributed by atoms with Crippen LogP contribution in [0.4, 0.5) is 0 Å². The molecule has 0 amide bonds. The van der Waals surface area contributed by atoms with E-state index < -0.39 is 31.9 Å². The lowest BCUT2D eigenvalue weighted by Crippen LogP contribution is -2.27. The minimum absolute atomic E-state index is 0.935. The molecule has 2 nitrogen and oxygen atoms in total. The first-order chi connectivity index (χ1) is 5.76. The minimum Gasteiger partial charge on any atom is -0.395 e. The van der Waals surface area contributed by atoms with Crippen molar-refractivity contribution in [3.63, 3.8) is 0 Å². The monoisotopic (exact) mass is 120 g/mol. The Labute approximate surface area is 57.1 Å². The minimum atomic E-state index is -2.52. The van der Waals surface area contributed by atoms with E-state index in [0.29, 0.717) is 0 Å². The summed E-state index contributed by atoms with van der Waals surface area (Å²) in [5.74, 6) is 0. The first-order valence-corrected chi connectivity index (χ1v) is 2.48. The van der Waals surface area contributed by atoms with Crippen molar-refractivity contribution in [2.45, 2.75) is 18.8 Å². The van der Waals surface area contributed by atoms with Gasteiger partial charge in [0.15, 0.2) is 0 Å². The molecule has 0 radical (unpaired) electrons. The Balaban J connectivity index is 2.88. The van der Waals surface area contributed by atoms with Gasteiger partial charge in [0, 0.05) is 10.2 Å². The van der Waals surface area contributed by atoms with Crippen LogP contribution in [0, 0.1) is 0 Å². The third kappa shape index (κ3) is 1.01. The Morgan fingerprint density at radius 2 is 2.88 bits per heavy atom. The highest BCUT2D eigenvalue weighted by molar-refractivity contribution is 4.74. The topological polar surface area (TPSA) is 23.5 Å². The SMILES string of the molecule is [2H]C1C([2H])[C@@H](C([2H])([2H])O)N(C)C1[2H]. The summed E-state index contributed by atoms with van der Waals surface area (Å²) >= 11 is 0. The third-order valence-corrected chi connectivity index (χ3v) is 1.19. The molecule has 1 saturated heterocycles. The largest absolute Gasteiger partial charge is 0.395 e. The van der Waals surface area contributed by atoms with E-state index in [2.05, 4.69) is 0 Å². The highest BCUT2D eigenvalue weighted by Crippen LogP contribution is 2.12. The lowest BCUT2D eigenvalue weighted by molar-refractivity contribution is 0.182. The smallest absolute Gasteiger partial charge is 0.0586 e. The van der Waals surface area contributed by atoms with Gasteiger partial charge in [-0.15, -0.1) is 0 Å². The molecule has 1 heterocycles. The Morgan fingerprint density at radius 1 is 2.12 bits per heavy atom. The molecule has 0 aromatic carbocycles. The number of likely N-dealkylation sites (N-methyl/N-ethyl adjacent to an activating group) is 1. The molecular formula is C6H13NO. The zero-order valence-electron chi connectivity index (χ0n) is 9.70. The van der Waals surface area contributed by atoms with Gasteiger partial charge in [-0.1, -0.05) is 0 Å². The second kappa shape index (κ2) is 2.46. The van der Waals surface area contributed by atoms with Gasteiger partial charge in [0.25, 0.3) is 0 Å². The number of hydrogen-bond acceptors (Lipinski definition) is 2. The fourth-order valence-corrected chi connectivity index (χ4v) is 0.653. The summed E-state index contributed by atoms with van der Waals surface area (Å²) in [6.45, 7) is -3.45. The van der Waals surface area contributed by atoms with E-state index in [9.17, 15) is 0 Å². The van der Waals surface area contributed by atoms with Crippen LogP contribution in [-0.4, -0.2) is 36.2 Å². The molecule has 1 N–H and O–H groups in total. The first-order valence-electron chi connectivity index (χ1n) is 5.21. The number of aliphatic hydroxyl groups is 1. The fraction of sp³-hybridized carbons (Fsp3) is 1.00. The summed E-state index contributed by atoms with van der Waals surface area (Å²) in [4.78, 5) is 1.23. The van der Waals surface area contributed by atoms with Gasteiger partial charge in [-0.2, -0.15) is 0 Å². The maximum Gasteiger partial charge on any atom is 0.0586 e. The lowest BCUT2D eigenvalue weighted by Gasteiger charge is -2.15. The van der Waals surface area contributed by atoms with Gasteiger partial charge < -0.3 is 10.0 Å². The van der Waals surface area contributed by atoms with Crippen LogP contribution in [0.1, 0.15) is 19.6 Å². The fourth-order valence-electron chi connectivity index (χ4n) is 0.653. The van der Waals surface area contributed by atoms with Gasteiger partial charge in [-0.3, -0.25) is 0 Å². The zero-order valence-corrected chi connectivity index (χ0v) is 4.70. The molecule has 0 saturated carbocycles. The molecule has 8 heavy (non-hydrogen) atoms. The first kappa shape index (κ1) is 2.27.